The molecule has 0 bridgehead atoms. The number of carbonyl (C=O) groups excluding carboxylic acids is 2. The number of aromatic nitrogens is 2. The average molecular weight is 410 g/mol. The van der Waals surface area contributed by atoms with Gasteiger partial charge in [-0.2, -0.15) is 0 Å². The van der Waals surface area contributed by atoms with Crippen molar-refractivity contribution in [3.05, 3.63) is 59.2 Å². The summed E-state index contributed by atoms with van der Waals surface area (Å²) in [4.78, 5) is 36.1. The predicted octanol–water partition coefficient (Wildman–Crippen LogP) is 2.28. The zero-order chi connectivity index (χ0) is 21.5. The van der Waals surface area contributed by atoms with E-state index in [1.165, 1.54) is 0 Å². The van der Waals surface area contributed by atoms with Crippen molar-refractivity contribution in [2.45, 2.75) is 39.2 Å². The third-order valence-electron chi connectivity index (χ3n) is 5.67. The largest absolute Gasteiger partial charge is 0.355 e. The molecule has 160 valence electrons. The van der Waals surface area contributed by atoms with Crippen molar-refractivity contribution in [2.75, 3.05) is 26.7 Å². The van der Waals surface area contributed by atoms with Gasteiger partial charge < -0.3 is 10.6 Å². The normalized spacial score (nSPS) is 16.1. The summed E-state index contributed by atoms with van der Waals surface area (Å²) in [6, 6.07) is 9.64. The highest BCUT2D eigenvalue weighted by Crippen LogP contribution is 2.27. The summed E-state index contributed by atoms with van der Waals surface area (Å²) < 4.78 is 0. The summed E-state index contributed by atoms with van der Waals surface area (Å²) in [5, 5.41) is 5.68. The van der Waals surface area contributed by atoms with Crippen LogP contribution in [0.5, 0.6) is 0 Å². The lowest BCUT2D eigenvalue weighted by Gasteiger charge is -2.36. The smallest absolute Gasteiger partial charge is 0.254 e. The Bertz CT molecular complexity index is 863. The van der Waals surface area contributed by atoms with Gasteiger partial charge in [0.1, 0.15) is 11.9 Å². The first-order chi connectivity index (χ1) is 14.5. The lowest BCUT2D eigenvalue weighted by Crippen LogP contribution is -2.44. The van der Waals surface area contributed by atoms with Gasteiger partial charge in [0, 0.05) is 26.2 Å². The second-order valence-electron chi connectivity index (χ2n) is 7.93. The number of amides is 2. The third-order valence-corrected chi connectivity index (χ3v) is 5.67. The van der Waals surface area contributed by atoms with Gasteiger partial charge in [-0.05, 0) is 44.3 Å². The molecule has 0 saturated carbocycles. The number of likely N-dealkylation sites (tertiary alicyclic amines) is 1. The van der Waals surface area contributed by atoms with Crippen LogP contribution >= 0.6 is 0 Å². The summed E-state index contributed by atoms with van der Waals surface area (Å²) in [6.45, 7) is 6.30. The van der Waals surface area contributed by atoms with E-state index in [0.717, 1.165) is 31.5 Å². The SMILES string of the molecule is CNC(=O)c1cnc(C)nc1CCNC(=O)C(c1ccccc1)N1CCC(C)CC1. The van der Waals surface area contributed by atoms with Crippen LogP contribution in [0.25, 0.3) is 0 Å². The maximum absolute atomic E-state index is 13.2. The number of carbonyl (C=O) groups is 2. The second kappa shape index (κ2) is 10.3. The Hall–Kier alpha value is -2.80. The van der Waals surface area contributed by atoms with Crippen LogP contribution in [-0.2, 0) is 11.2 Å². The van der Waals surface area contributed by atoms with Gasteiger partial charge in [0.2, 0.25) is 5.91 Å². The molecule has 7 nitrogen and oxygen atoms in total. The molecule has 1 saturated heterocycles. The van der Waals surface area contributed by atoms with Gasteiger partial charge in [-0.1, -0.05) is 37.3 Å². The van der Waals surface area contributed by atoms with Crippen LogP contribution in [0.3, 0.4) is 0 Å². The fourth-order valence-corrected chi connectivity index (χ4v) is 3.88. The number of hydrogen-bond donors (Lipinski definition) is 2. The molecule has 7 heteroatoms. The number of aryl methyl sites for hydroxylation is 1. The summed E-state index contributed by atoms with van der Waals surface area (Å²) in [5.74, 6) is 1.07. The van der Waals surface area contributed by atoms with Crippen LogP contribution in [0.1, 0.15) is 53.2 Å². The summed E-state index contributed by atoms with van der Waals surface area (Å²) >= 11 is 0. The Morgan fingerprint density at radius 1 is 1.20 bits per heavy atom. The van der Waals surface area contributed by atoms with E-state index in [9.17, 15) is 9.59 Å². The molecule has 1 aliphatic heterocycles. The van der Waals surface area contributed by atoms with Crippen molar-refractivity contribution in [2.24, 2.45) is 5.92 Å². The highest BCUT2D eigenvalue weighted by Gasteiger charge is 2.30. The van der Waals surface area contributed by atoms with Crippen LogP contribution in [0.15, 0.2) is 36.5 Å². The highest BCUT2D eigenvalue weighted by molar-refractivity contribution is 5.94. The van der Waals surface area contributed by atoms with E-state index in [0.29, 0.717) is 36.0 Å². The zero-order valence-electron chi connectivity index (χ0n) is 18.0. The minimum absolute atomic E-state index is 0.0111. The van der Waals surface area contributed by atoms with Gasteiger partial charge in [-0.25, -0.2) is 9.97 Å². The summed E-state index contributed by atoms with van der Waals surface area (Å²) in [6.07, 6.45) is 4.22. The van der Waals surface area contributed by atoms with Crippen molar-refractivity contribution in [3.63, 3.8) is 0 Å². The van der Waals surface area contributed by atoms with Crippen LogP contribution in [-0.4, -0.2) is 53.4 Å². The Labute approximate surface area is 178 Å². The quantitative estimate of drug-likeness (QED) is 0.733. The van der Waals surface area contributed by atoms with Gasteiger partial charge in [-0.3, -0.25) is 14.5 Å². The fraction of sp³-hybridized carbons (Fsp3) is 0.478. The second-order valence-corrected chi connectivity index (χ2v) is 7.93. The van der Waals surface area contributed by atoms with Crippen molar-refractivity contribution in [1.29, 1.82) is 0 Å². The molecule has 3 rings (SSSR count). The maximum atomic E-state index is 13.2. The van der Waals surface area contributed by atoms with Gasteiger partial charge in [0.05, 0.1) is 11.3 Å². The molecular weight excluding hydrogens is 378 g/mol. The van der Waals surface area contributed by atoms with Crippen molar-refractivity contribution >= 4 is 11.8 Å². The Kier molecular flexibility index (Phi) is 7.52. The van der Waals surface area contributed by atoms with Gasteiger partial charge in [-0.15, -0.1) is 0 Å². The van der Waals surface area contributed by atoms with E-state index < -0.39 is 0 Å². The molecule has 0 radical (unpaired) electrons. The van der Waals surface area contributed by atoms with E-state index in [1.54, 1.807) is 20.2 Å². The lowest BCUT2D eigenvalue weighted by atomic mass is 9.95. The highest BCUT2D eigenvalue weighted by atomic mass is 16.2. The first kappa shape index (κ1) is 21.9. The molecule has 1 aromatic carbocycles. The van der Waals surface area contributed by atoms with E-state index in [4.69, 9.17) is 0 Å². The minimum Gasteiger partial charge on any atom is -0.355 e. The Morgan fingerprint density at radius 2 is 1.90 bits per heavy atom. The van der Waals surface area contributed by atoms with Crippen LogP contribution < -0.4 is 10.6 Å². The number of piperidine rings is 1. The molecule has 1 fully saturated rings. The molecule has 0 aliphatic carbocycles. The third kappa shape index (κ3) is 5.42. The minimum atomic E-state index is -0.302. The van der Waals surface area contributed by atoms with Crippen LogP contribution in [0.2, 0.25) is 0 Å². The summed E-state index contributed by atoms with van der Waals surface area (Å²) in [7, 11) is 1.58. The van der Waals surface area contributed by atoms with E-state index in [2.05, 4.69) is 32.4 Å². The Morgan fingerprint density at radius 3 is 2.57 bits per heavy atom. The van der Waals surface area contributed by atoms with E-state index >= 15 is 0 Å². The molecule has 1 atom stereocenters. The number of rotatable bonds is 7. The molecule has 2 aromatic rings. The monoisotopic (exact) mass is 409 g/mol. The molecule has 2 N–H and O–H groups in total. The van der Waals surface area contributed by atoms with Crippen LogP contribution in [0, 0.1) is 12.8 Å². The number of benzene rings is 1. The van der Waals surface area contributed by atoms with Gasteiger partial charge >= 0.3 is 0 Å². The van der Waals surface area contributed by atoms with E-state index in [1.807, 2.05) is 30.3 Å². The fourth-order valence-electron chi connectivity index (χ4n) is 3.88. The first-order valence-electron chi connectivity index (χ1n) is 10.6. The molecule has 2 heterocycles. The molecule has 30 heavy (non-hydrogen) atoms. The number of nitrogens with zero attached hydrogens (tertiary/aromatic N) is 3. The molecule has 0 spiro atoms. The van der Waals surface area contributed by atoms with Gasteiger partial charge in [0.15, 0.2) is 0 Å². The number of nitrogens with one attached hydrogen (secondary N) is 2. The van der Waals surface area contributed by atoms with Crippen molar-refractivity contribution < 1.29 is 9.59 Å². The van der Waals surface area contributed by atoms with Crippen LogP contribution in [0.4, 0.5) is 0 Å². The molecule has 2 amide bonds. The van der Waals surface area contributed by atoms with Gasteiger partial charge in [0.25, 0.3) is 5.91 Å². The average Bonchev–Trinajstić information content (AvgIpc) is 2.76. The maximum Gasteiger partial charge on any atom is 0.254 e. The molecule has 1 unspecified atom stereocenters. The van der Waals surface area contributed by atoms with Crippen molar-refractivity contribution in [3.8, 4) is 0 Å². The van der Waals surface area contributed by atoms with E-state index in [-0.39, 0.29) is 17.9 Å². The Balaban J connectivity index is 1.70. The lowest BCUT2D eigenvalue weighted by molar-refractivity contribution is -0.127. The standard InChI is InChI=1S/C23H31N5O2/c1-16-10-13-28(14-11-16)21(18-7-5-4-6-8-18)23(30)25-12-9-20-19(22(29)24-3)15-26-17(2)27-20/h4-8,15-16,21H,9-14H2,1-3H3,(H,24,29)(H,25,30). The van der Waals surface area contributed by atoms with Crippen molar-refractivity contribution in [1.82, 2.24) is 25.5 Å². The number of hydrogen-bond acceptors (Lipinski definition) is 5. The molecule has 1 aliphatic rings. The first-order valence-corrected chi connectivity index (χ1v) is 10.6. The topological polar surface area (TPSA) is 87.2 Å². The summed E-state index contributed by atoms with van der Waals surface area (Å²) in [5.41, 5.74) is 2.10. The zero-order valence-corrected chi connectivity index (χ0v) is 18.0. The molecular formula is C23H31N5O2. The predicted molar refractivity (Wildman–Crippen MR) is 116 cm³/mol. The molecule has 1 aromatic heterocycles.